The van der Waals surface area contributed by atoms with Crippen molar-refractivity contribution in [3.05, 3.63) is 35.1 Å². The number of halogens is 1. The second kappa shape index (κ2) is 6.23. The first-order chi connectivity index (χ1) is 9.72. The van der Waals surface area contributed by atoms with E-state index in [1.807, 2.05) is 6.07 Å². The molecule has 0 bridgehead atoms. The zero-order valence-corrected chi connectivity index (χ0v) is 12.4. The van der Waals surface area contributed by atoms with Crippen molar-refractivity contribution in [3.8, 4) is 0 Å². The Morgan fingerprint density at radius 3 is 2.90 bits per heavy atom. The average molecular weight is 276 g/mol. The highest BCUT2D eigenvalue weighted by atomic mass is 19.1. The van der Waals surface area contributed by atoms with Crippen molar-refractivity contribution in [2.75, 3.05) is 19.6 Å². The van der Waals surface area contributed by atoms with Crippen LogP contribution in [-0.4, -0.2) is 30.6 Å². The zero-order chi connectivity index (χ0) is 13.9. The van der Waals surface area contributed by atoms with Crippen molar-refractivity contribution in [1.29, 1.82) is 0 Å². The van der Waals surface area contributed by atoms with Gasteiger partial charge in [0, 0.05) is 18.6 Å². The van der Waals surface area contributed by atoms with Gasteiger partial charge in [0.05, 0.1) is 0 Å². The number of fused-ring (bicyclic) bond motifs is 1. The Labute approximate surface area is 121 Å². The third kappa shape index (κ3) is 3.21. The fraction of sp³-hybridized carbons (Fsp3) is 0.647. The summed E-state index contributed by atoms with van der Waals surface area (Å²) in [6.07, 6.45) is 6.18. The molecule has 0 saturated carbocycles. The molecule has 1 aliphatic heterocycles. The van der Waals surface area contributed by atoms with Crippen LogP contribution in [0.5, 0.6) is 0 Å². The van der Waals surface area contributed by atoms with Gasteiger partial charge in [-0.25, -0.2) is 4.39 Å². The summed E-state index contributed by atoms with van der Waals surface area (Å²) in [5.41, 5.74) is 2.49. The lowest BCUT2D eigenvalue weighted by atomic mass is 10.1. The Morgan fingerprint density at radius 2 is 2.10 bits per heavy atom. The molecule has 3 heteroatoms. The lowest BCUT2D eigenvalue weighted by Gasteiger charge is -2.30. The van der Waals surface area contributed by atoms with Crippen LogP contribution in [0.25, 0.3) is 0 Å². The van der Waals surface area contributed by atoms with Crippen LogP contribution >= 0.6 is 0 Å². The molecule has 1 aliphatic carbocycles. The minimum atomic E-state index is -0.106. The van der Waals surface area contributed by atoms with Crippen LogP contribution in [0.1, 0.15) is 49.8 Å². The molecule has 1 aromatic rings. The van der Waals surface area contributed by atoms with Crippen LogP contribution in [0, 0.1) is 5.82 Å². The Morgan fingerprint density at radius 1 is 1.30 bits per heavy atom. The van der Waals surface area contributed by atoms with Gasteiger partial charge in [-0.15, -0.1) is 0 Å². The SMILES string of the molecule is CC(CN1CCCCC1)NC1CCc2cc(F)ccc21. The number of aryl methyl sites for hydroxylation is 1. The van der Waals surface area contributed by atoms with Gasteiger partial charge in [0.2, 0.25) is 0 Å². The van der Waals surface area contributed by atoms with E-state index >= 15 is 0 Å². The smallest absolute Gasteiger partial charge is 0.123 e. The first kappa shape index (κ1) is 14.0. The molecule has 3 rings (SSSR count). The van der Waals surface area contributed by atoms with E-state index in [0.29, 0.717) is 12.1 Å². The Hall–Kier alpha value is -0.930. The highest BCUT2D eigenvalue weighted by molar-refractivity contribution is 5.35. The predicted molar refractivity (Wildman–Crippen MR) is 80.4 cm³/mol. The zero-order valence-electron chi connectivity index (χ0n) is 12.4. The molecule has 1 heterocycles. The summed E-state index contributed by atoms with van der Waals surface area (Å²) in [6.45, 7) is 5.90. The van der Waals surface area contributed by atoms with Gasteiger partial charge in [0.15, 0.2) is 0 Å². The first-order valence-electron chi connectivity index (χ1n) is 7.99. The van der Waals surface area contributed by atoms with Gasteiger partial charge in [-0.3, -0.25) is 0 Å². The lowest BCUT2D eigenvalue weighted by molar-refractivity contribution is 0.204. The van der Waals surface area contributed by atoms with E-state index in [-0.39, 0.29) is 5.82 Å². The molecule has 1 saturated heterocycles. The minimum absolute atomic E-state index is 0.106. The maximum absolute atomic E-state index is 13.2. The van der Waals surface area contributed by atoms with Gasteiger partial charge in [-0.1, -0.05) is 12.5 Å². The van der Waals surface area contributed by atoms with Gasteiger partial charge in [-0.2, -0.15) is 0 Å². The minimum Gasteiger partial charge on any atom is -0.306 e. The molecule has 1 N–H and O–H groups in total. The van der Waals surface area contributed by atoms with Crippen LogP contribution in [0.15, 0.2) is 18.2 Å². The summed E-state index contributed by atoms with van der Waals surface area (Å²) in [6, 6.07) is 6.16. The van der Waals surface area contributed by atoms with Crippen LogP contribution in [0.4, 0.5) is 4.39 Å². The topological polar surface area (TPSA) is 15.3 Å². The van der Waals surface area contributed by atoms with Crippen molar-refractivity contribution in [2.45, 2.75) is 51.1 Å². The lowest BCUT2D eigenvalue weighted by Crippen LogP contribution is -2.42. The average Bonchev–Trinajstić information content (AvgIpc) is 2.82. The number of nitrogens with one attached hydrogen (secondary N) is 1. The fourth-order valence-electron chi connectivity index (χ4n) is 3.68. The largest absolute Gasteiger partial charge is 0.306 e. The molecule has 2 aliphatic rings. The third-order valence-electron chi connectivity index (χ3n) is 4.65. The molecule has 2 nitrogen and oxygen atoms in total. The van der Waals surface area contributed by atoms with E-state index in [1.165, 1.54) is 43.5 Å². The number of benzene rings is 1. The highest BCUT2D eigenvalue weighted by Gasteiger charge is 2.24. The molecular weight excluding hydrogens is 251 g/mol. The molecule has 20 heavy (non-hydrogen) atoms. The van der Waals surface area contributed by atoms with Crippen molar-refractivity contribution in [2.24, 2.45) is 0 Å². The summed E-state index contributed by atoms with van der Waals surface area (Å²) in [5.74, 6) is -0.106. The van der Waals surface area contributed by atoms with Crippen LogP contribution in [0.2, 0.25) is 0 Å². The molecule has 0 spiro atoms. The monoisotopic (exact) mass is 276 g/mol. The number of piperidine rings is 1. The van der Waals surface area contributed by atoms with Crippen molar-refractivity contribution < 1.29 is 4.39 Å². The van der Waals surface area contributed by atoms with Gasteiger partial charge >= 0.3 is 0 Å². The second-order valence-electron chi connectivity index (χ2n) is 6.36. The Kier molecular flexibility index (Phi) is 4.37. The fourth-order valence-corrected chi connectivity index (χ4v) is 3.68. The maximum atomic E-state index is 13.2. The van der Waals surface area contributed by atoms with Gasteiger partial charge in [-0.05, 0) is 69.0 Å². The number of hydrogen-bond donors (Lipinski definition) is 1. The molecular formula is C17H25FN2. The van der Waals surface area contributed by atoms with E-state index in [4.69, 9.17) is 0 Å². The maximum Gasteiger partial charge on any atom is 0.123 e. The summed E-state index contributed by atoms with van der Waals surface area (Å²) in [5, 5.41) is 3.74. The molecule has 110 valence electrons. The third-order valence-corrected chi connectivity index (χ3v) is 4.65. The van der Waals surface area contributed by atoms with Crippen molar-refractivity contribution in [1.82, 2.24) is 10.2 Å². The van der Waals surface area contributed by atoms with Gasteiger partial charge < -0.3 is 10.2 Å². The second-order valence-corrected chi connectivity index (χ2v) is 6.36. The van der Waals surface area contributed by atoms with Crippen LogP contribution in [-0.2, 0) is 6.42 Å². The molecule has 0 aromatic heterocycles. The van der Waals surface area contributed by atoms with Crippen molar-refractivity contribution >= 4 is 0 Å². The normalized spacial score (nSPS) is 24.6. The number of nitrogens with zero attached hydrogens (tertiary/aromatic N) is 1. The molecule has 2 unspecified atom stereocenters. The summed E-state index contributed by atoms with van der Waals surface area (Å²) < 4.78 is 13.2. The van der Waals surface area contributed by atoms with Crippen LogP contribution in [0.3, 0.4) is 0 Å². The molecule has 0 radical (unpaired) electrons. The van der Waals surface area contributed by atoms with Gasteiger partial charge in [0.25, 0.3) is 0 Å². The number of rotatable bonds is 4. The number of likely N-dealkylation sites (tertiary alicyclic amines) is 1. The molecule has 2 atom stereocenters. The molecule has 1 aromatic carbocycles. The highest BCUT2D eigenvalue weighted by Crippen LogP contribution is 2.31. The predicted octanol–water partition coefficient (Wildman–Crippen LogP) is 3.28. The molecule has 0 amide bonds. The van der Waals surface area contributed by atoms with Crippen LogP contribution < -0.4 is 5.32 Å². The van der Waals surface area contributed by atoms with E-state index in [9.17, 15) is 4.39 Å². The standard InChI is InChI=1S/C17H25FN2/c1-13(12-20-9-3-2-4-10-20)19-17-8-5-14-11-15(18)6-7-16(14)17/h6-7,11,13,17,19H,2-5,8-10,12H2,1H3. The summed E-state index contributed by atoms with van der Waals surface area (Å²) >= 11 is 0. The summed E-state index contributed by atoms with van der Waals surface area (Å²) in [7, 11) is 0. The Bertz CT molecular complexity index is 454. The van der Waals surface area contributed by atoms with Gasteiger partial charge in [0.1, 0.15) is 5.82 Å². The molecule has 1 fully saturated rings. The Balaban J connectivity index is 1.56. The summed E-state index contributed by atoms with van der Waals surface area (Å²) in [4.78, 5) is 2.57. The van der Waals surface area contributed by atoms with E-state index in [1.54, 1.807) is 12.1 Å². The number of hydrogen-bond acceptors (Lipinski definition) is 2. The first-order valence-corrected chi connectivity index (χ1v) is 7.99. The van der Waals surface area contributed by atoms with E-state index in [2.05, 4.69) is 17.1 Å². The van der Waals surface area contributed by atoms with Crippen molar-refractivity contribution in [3.63, 3.8) is 0 Å². The quantitative estimate of drug-likeness (QED) is 0.908. The van der Waals surface area contributed by atoms with E-state index < -0.39 is 0 Å². The van der Waals surface area contributed by atoms with E-state index in [0.717, 1.165) is 19.4 Å².